The van der Waals surface area contributed by atoms with Crippen LogP contribution in [0, 0.1) is 0 Å². The SMILES string of the molecule is O=C(CCn1c(=O)oc2ccccc21)OCc1nnc(-c2ccccc2)o1. The molecule has 27 heavy (non-hydrogen) atoms. The number of nitrogens with zero attached hydrogens (tertiary/aromatic N) is 3. The molecule has 2 heterocycles. The molecule has 0 amide bonds. The Kier molecular flexibility index (Phi) is 4.52. The van der Waals surface area contributed by atoms with Crippen molar-refractivity contribution in [2.75, 3.05) is 0 Å². The highest BCUT2D eigenvalue weighted by atomic mass is 16.5. The number of carbonyl (C=O) groups excluding carboxylic acids is 1. The van der Waals surface area contributed by atoms with Crippen molar-refractivity contribution in [1.29, 1.82) is 0 Å². The maximum Gasteiger partial charge on any atom is 0.419 e. The standard InChI is InChI=1S/C19H15N3O5/c23-17(10-11-22-14-8-4-5-9-15(14)26-19(22)24)25-12-16-20-21-18(27-16)13-6-2-1-3-7-13/h1-9H,10-12H2. The van der Waals surface area contributed by atoms with Crippen LogP contribution in [0.2, 0.25) is 0 Å². The fourth-order valence-electron chi connectivity index (χ4n) is 2.65. The number of aromatic nitrogens is 3. The fourth-order valence-corrected chi connectivity index (χ4v) is 2.65. The zero-order valence-electron chi connectivity index (χ0n) is 14.2. The third-order valence-electron chi connectivity index (χ3n) is 3.96. The second-order valence-corrected chi connectivity index (χ2v) is 5.76. The first-order valence-corrected chi connectivity index (χ1v) is 8.32. The maximum atomic E-state index is 12.0. The lowest BCUT2D eigenvalue weighted by molar-refractivity contribution is -0.145. The number of para-hydroxylation sites is 2. The molecule has 0 atom stereocenters. The molecule has 0 saturated heterocycles. The van der Waals surface area contributed by atoms with Crippen LogP contribution in [0.4, 0.5) is 0 Å². The Hall–Kier alpha value is -3.68. The number of esters is 1. The number of benzene rings is 2. The minimum Gasteiger partial charge on any atom is -0.456 e. The summed E-state index contributed by atoms with van der Waals surface area (Å²) in [4.78, 5) is 23.9. The van der Waals surface area contributed by atoms with Crippen molar-refractivity contribution in [3.05, 3.63) is 71.0 Å². The Labute approximate surface area is 153 Å². The smallest absolute Gasteiger partial charge is 0.419 e. The molecule has 0 unspecified atom stereocenters. The number of carbonyl (C=O) groups is 1. The van der Waals surface area contributed by atoms with Gasteiger partial charge in [0.25, 0.3) is 5.89 Å². The van der Waals surface area contributed by atoms with Crippen molar-refractivity contribution in [2.45, 2.75) is 19.6 Å². The van der Waals surface area contributed by atoms with Crippen molar-refractivity contribution >= 4 is 17.1 Å². The molecule has 136 valence electrons. The first-order valence-electron chi connectivity index (χ1n) is 8.32. The van der Waals surface area contributed by atoms with Crippen LogP contribution in [-0.2, 0) is 22.7 Å². The number of hydrogen-bond donors (Lipinski definition) is 0. The first-order chi connectivity index (χ1) is 13.2. The highest BCUT2D eigenvalue weighted by Gasteiger charge is 2.13. The van der Waals surface area contributed by atoms with Crippen LogP contribution >= 0.6 is 0 Å². The molecule has 8 heteroatoms. The molecule has 8 nitrogen and oxygen atoms in total. The fraction of sp³-hybridized carbons (Fsp3) is 0.158. The average molecular weight is 365 g/mol. The minimum atomic E-state index is -0.506. The molecular formula is C19H15N3O5. The summed E-state index contributed by atoms with van der Waals surface area (Å²) in [5.74, 6) is -0.425. The van der Waals surface area contributed by atoms with Crippen molar-refractivity contribution in [3.63, 3.8) is 0 Å². The molecule has 0 saturated carbocycles. The van der Waals surface area contributed by atoms with Crippen LogP contribution in [0.5, 0.6) is 0 Å². The van der Waals surface area contributed by atoms with Crippen LogP contribution in [0.1, 0.15) is 12.3 Å². The normalized spacial score (nSPS) is 11.0. The predicted molar refractivity (Wildman–Crippen MR) is 94.6 cm³/mol. The zero-order valence-corrected chi connectivity index (χ0v) is 14.2. The van der Waals surface area contributed by atoms with Crippen LogP contribution in [0.3, 0.4) is 0 Å². The van der Waals surface area contributed by atoms with Gasteiger partial charge in [-0.25, -0.2) is 4.79 Å². The molecule has 2 aromatic heterocycles. The largest absolute Gasteiger partial charge is 0.456 e. The van der Waals surface area contributed by atoms with Crippen molar-refractivity contribution in [3.8, 4) is 11.5 Å². The van der Waals surface area contributed by atoms with E-state index in [4.69, 9.17) is 13.6 Å². The van der Waals surface area contributed by atoms with Gasteiger partial charge in [-0.3, -0.25) is 9.36 Å². The Morgan fingerprint density at radius 3 is 2.63 bits per heavy atom. The minimum absolute atomic E-state index is 0.0170. The molecular weight excluding hydrogens is 350 g/mol. The van der Waals surface area contributed by atoms with E-state index >= 15 is 0 Å². The Morgan fingerprint density at radius 1 is 1.00 bits per heavy atom. The lowest BCUT2D eigenvalue weighted by atomic mass is 10.2. The number of aryl methyl sites for hydroxylation is 1. The molecule has 0 bridgehead atoms. The lowest BCUT2D eigenvalue weighted by Gasteiger charge is -2.03. The highest BCUT2D eigenvalue weighted by molar-refractivity contribution is 5.73. The van der Waals surface area contributed by atoms with E-state index in [2.05, 4.69) is 10.2 Å². The van der Waals surface area contributed by atoms with Gasteiger partial charge in [-0.15, -0.1) is 10.2 Å². The summed E-state index contributed by atoms with van der Waals surface area (Å²) in [6, 6.07) is 16.3. The Bertz CT molecular complexity index is 1130. The number of hydrogen-bond acceptors (Lipinski definition) is 7. The van der Waals surface area contributed by atoms with Crippen LogP contribution in [0.25, 0.3) is 22.6 Å². The maximum absolute atomic E-state index is 12.0. The van der Waals surface area contributed by atoms with E-state index in [9.17, 15) is 9.59 Å². The van der Waals surface area contributed by atoms with E-state index in [1.54, 1.807) is 24.3 Å². The van der Waals surface area contributed by atoms with Gasteiger partial charge in [0, 0.05) is 12.1 Å². The molecule has 0 N–H and O–H groups in total. The predicted octanol–water partition coefficient (Wildman–Crippen LogP) is 2.78. The van der Waals surface area contributed by atoms with E-state index in [-0.39, 0.29) is 25.5 Å². The van der Waals surface area contributed by atoms with Gasteiger partial charge < -0.3 is 13.6 Å². The molecule has 0 spiro atoms. The van der Waals surface area contributed by atoms with E-state index in [0.29, 0.717) is 17.0 Å². The summed E-state index contributed by atoms with van der Waals surface area (Å²) in [7, 11) is 0. The van der Waals surface area contributed by atoms with Gasteiger partial charge >= 0.3 is 11.7 Å². The second-order valence-electron chi connectivity index (χ2n) is 5.76. The summed E-state index contributed by atoms with van der Waals surface area (Å²) in [5.41, 5.74) is 1.91. The van der Waals surface area contributed by atoms with Gasteiger partial charge in [0.15, 0.2) is 12.2 Å². The molecule has 4 aromatic rings. The summed E-state index contributed by atoms with van der Waals surface area (Å²) in [5, 5.41) is 7.80. The molecule has 2 aromatic carbocycles. The van der Waals surface area contributed by atoms with Crippen LogP contribution < -0.4 is 5.76 Å². The number of ether oxygens (including phenoxy) is 1. The summed E-state index contributed by atoms with van der Waals surface area (Å²) < 4.78 is 17.2. The molecule has 4 rings (SSSR count). The molecule has 0 fully saturated rings. The lowest BCUT2D eigenvalue weighted by Crippen LogP contribution is -2.17. The Morgan fingerprint density at radius 2 is 1.78 bits per heavy atom. The first kappa shape index (κ1) is 16.8. The molecule has 0 aliphatic heterocycles. The van der Waals surface area contributed by atoms with Gasteiger partial charge in [0.1, 0.15) is 0 Å². The zero-order chi connectivity index (χ0) is 18.6. The summed E-state index contributed by atoms with van der Waals surface area (Å²) >= 11 is 0. The number of oxazole rings is 1. The van der Waals surface area contributed by atoms with Gasteiger partial charge in [-0.1, -0.05) is 30.3 Å². The topological polar surface area (TPSA) is 100 Å². The molecule has 0 aliphatic carbocycles. The third-order valence-corrected chi connectivity index (χ3v) is 3.96. The third kappa shape index (κ3) is 3.64. The van der Waals surface area contributed by atoms with Crippen molar-refractivity contribution < 1.29 is 18.4 Å². The van der Waals surface area contributed by atoms with Crippen molar-refractivity contribution in [1.82, 2.24) is 14.8 Å². The van der Waals surface area contributed by atoms with E-state index in [0.717, 1.165) is 5.56 Å². The number of rotatable bonds is 6. The van der Waals surface area contributed by atoms with E-state index < -0.39 is 11.7 Å². The summed E-state index contributed by atoms with van der Waals surface area (Å²) in [6.45, 7) is 0.0352. The molecule has 0 radical (unpaired) electrons. The van der Waals surface area contributed by atoms with E-state index in [1.165, 1.54) is 4.57 Å². The average Bonchev–Trinajstić information content (AvgIpc) is 3.29. The van der Waals surface area contributed by atoms with Gasteiger partial charge in [-0.2, -0.15) is 0 Å². The molecule has 0 aliphatic rings. The van der Waals surface area contributed by atoms with E-state index in [1.807, 2.05) is 30.3 Å². The quantitative estimate of drug-likeness (QED) is 0.484. The Balaban J connectivity index is 1.34. The van der Waals surface area contributed by atoms with Crippen LogP contribution in [-0.4, -0.2) is 20.7 Å². The second kappa shape index (κ2) is 7.28. The highest BCUT2D eigenvalue weighted by Crippen LogP contribution is 2.17. The summed E-state index contributed by atoms with van der Waals surface area (Å²) in [6.07, 6.45) is 0.0170. The van der Waals surface area contributed by atoms with Gasteiger partial charge in [0.2, 0.25) is 5.89 Å². The van der Waals surface area contributed by atoms with Crippen LogP contribution in [0.15, 0.2) is 68.2 Å². The monoisotopic (exact) mass is 365 g/mol. The number of fused-ring (bicyclic) bond motifs is 1. The van der Waals surface area contributed by atoms with Gasteiger partial charge in [0.05, 0.1) is 11.9 Å². The van der Waals surface area contributed by atoms with Crippen molar-refractivity contribution in [2.24, 2.45) is 0 Å². The van der Waals surface area contributed by atoms with Gasteiger partial charge in [-0.05, 0) is 24.3 Å².